The Labute approximate surface area is 145 Å². The van der Waals surface area contributed by atoms with Crippen molar-refractivity contribution < 1.29 is 22.5 Å². The van der Waals surface area contributed by atoms with Crippen LogP contribution >= 0.6 is 0 Å². The SMILES string of the molecule is Cc1noc(C)c1S(=O)(=O)N1CCCC2(C1)OC(=O)c1ccccc12. The average molecular weight is 362 g/mol. The number of hydrogen-bond donors (Lipinski definition) is 0. The summed E-state index contributed by atoms with van der Waals surface area (Å²) in [4.78, 5) is 12.3. The number of fused-ring (bicyclic) bond motifs is 2. The van der Waals surface area contributed by atoms with Gasteiger partial charge in [-0.1, -0.05) is 23.4 Å². The molecule has 2 aromatic rings. The first-order valence-electron chi connectivity index (χ1n) is 8.11. The number of piperidine rings is 1. The van der Waals surface area contributed by atoms with Crippen LogP contribution in [0.25, 0.3) is 0 Å². The molecule has 0 saturated carbocycles. The van der Waals surface area contributed by atoms with Gasteiger partial charge in [0.05, 0.1) is 12.1 Å². The number of benzene rings is 1. The highest BCUT2D eigenvalue weighted by atomic mass is 32.2. The molecular formula is C17H18N2O5S. The maximum absolute atomic E-state index is 13.1. The summed E-state index contributed by atoms with van der Waals surface area (Å²) in [6, 6.07) is 7.17. The van der Waals surface area contributed by atoms with Crippen molar-refractivity contribution in [3.8, 4) is 0 Å². The van der Waals surface area contributed by atoms with Crippen LogP contribution in [0.1, 0.15) is 40.2 Å². The Morgan fingerprint density at radius 3 is 2.72 bits per heavy atom. The van der Waals surface area contributed by atoms with Crippen molar-refractivity contribution in [1.82, 2.24) is 9.46 Å². The maximum Gasteiger partial charge on any atom is 0.339 e. The monoisotopic (exact) mass is 362 g/mol. The molecule has 1 aromatic carbocycles. The zero-order chi connectivity index (χ0) is 17.8. The number of ether oxygens (including phenoxy) is 1. The van der Waals surface area contributed by atoms with Crippen LogP contribution in [0.5, 0.6) is 0 Å². The van der Waals surface area contributed by atoms with Crippen LogP contribution in [-0.2, 0) is 20.4 Å². The Morgan fingerprint density at radius 2 is 2.00 bits per heavy atom. The minimum Gasteiger partial charge on any atom is -0.449 e. The number of aryl methyl sites for hydroxylation is 2. The third-order valence-corrected chi connectivity index (χ3v) is 7.00. The van der Waals surface area contributed by atoms with E-state index in [1.165, 1.54) is 4.31 Å². The molecule has 1 saturated heterocycles. The predicted molar refractivity (Wildman–Crippen MR) is 87.5 cm³/mol. The number of sulfonamides is 1. The predicted octanol–water partition coefficient (Wildman–Crippen LogP) is 2.14. The van der Waals surface area contributed by atoms with Gasteiger partial charge < -0.3 is 9.26 Å². The van der Waals surface area contributed by atoms with E-state index in [4.69, 9.17) is 9.26 Å². The van der Waals surface area contributed by atoms with E-state index in [0.717, 1.165) is 5.56 Å². The van der Waals surface area contributed by atoms with Crippen molar-refractivity contribution in [2.75, 3.05) is 13.1 Å². The third kappa shape index (κ3) is 2.31. The lowest BCUT2D eigenvalue weighted by atomic mass is 9.86. The highest BCUT2D eigenvalue weighted by Crippen LogP contribution is 2.44. The first kappa shape index (κ1) is 16.3. The maximum atomic E-state index is 13.1. The van der Waals surface area contributed by atoms with Gasteiger partial charge in [0.15, 0.2) is 11.4 Å². The minimum absolute atomic E-state index is 0.0992. The minimum atomic E-state index is -3.78. The Kier molecular flexibility index (Phi) is 3.52. The topological polar surface area (TPSA) is 89.7 Å². The fourth-order valence-corrected chi connectivity index (χ4v) is 5.63. The molecule has 4 rings (SSSR count). The first-order valence-corrected chi connectivity index (χ1v) is 9.55. The molecule has 0 radical (unpaired) electrons. The molecule has 0 aliphatic carbocycles. The number of carbonyl (C=O) groups excluding carboxylic acids is 1. The van der Waals surface area contributed by atoms with Gasteiger partial charge in [0.2, 0.25) is 10.0 Å². The van der Waals surface area contributed by atoms with Gasteiger partial charge in [-0.2, -0.15) is 4.31 Å². The molecular weight excluding hydrogens is 344 g/mol. The quantitative estimate of drug-likeness (QED) is 0.761. The molecule has 132 valence electrons. The molecule has 1 unspecified atom stereocenters. The number of rotatable bonds is 2. The number of esters is 1. The summed E-state index contributed by atoms with van der Waals surface area (Å²) < 4.78 is 38.3. The second kappa shape index (κ2) is 5.40. The van der Waals surface area contributed by atoms with Crippen molar-refractivity contribution in [3.63, 3.8) is 0 Å². The van der Waals surface area contributed by atoms with E-state index in [1.807, 2.05) is 12.1 Å². The van der Waals surface area contributed by atoms with E-state index >= 15 is 0 Å². The number of hydrogen-bond acceptors (Lipinski definition) is 6. The average Bonchev–Trinajstić information content (AvgIpc) is 3.06. The van der Waals surface area contributed by atoms with Crippen molar-refractivity contribution in [2.45, 2.75) is 37.2 Å². The van der Waals surface area contributed by atoms with E-state index < -0.39 is 21.6 Å². The van der Waals surface area contributed by atoms with Gasteiger partial charge in [-0.05, 0) is 32.8 Å². The van der Waals surface area contributed by atoms with E-state index in [-0.39, 0.29) is 17.2 Å². The Hall–Kier alpha value is -2.19. The number of aromatic nitrogens is 1. The van der Waals surface area contributed by atoms with Crippen molar-refractivity contribution in [1.29, 1.82) is 0 Å². The summed E-state index contributed by atoms with van der Waals surface area (Å²) in [5, 5.41) is 3.75. The molecule has 0 bridgehead atoms. The number of nitrogens with zero attached hydrogens (tertiary/aromatic N) is 2. The van der Waals surface area contributed by atoms with Crippen LogP contribution in [0.3, 0.4) is 0 Å². The molecule has 1 fully saturated rings. The van der Waals surface area contributed by atoms with E-state index in [0.29, 0.717) is 30.6 Å². The zero-order valence-corrected chi connectivity index (χ0v) is 14.8. The summed E-state index contributed by atoms with van der Waals surface area (Å²) >= 11 is 0. The summed E-state index contributed by atoms with van der Waals surface area (Å²) in [5.41, 5.74) is 0.691. The molecule has 25 heavy (non-hydrogen) atoms. The van der Waals surface area contributed by atoms with Gasteiger partial charge in [-0.3, -0.25) is 0 Å². The molecule has 3 heterocycles. The largest absolute Gasteiger partial charge is 0.449 e. The highest BCUT2D eigenvalue weighted by Gasteiger charge is 2.50. The molecule has 0 amide bonds. The van der Waals surface area contributed by atoms with Crippen LogP contribution in [-0.4, -0.2) is 36.9 Å². The first-order chi connectivity index (χ1) is 11.8. The van der Waals surface area contributed by atoms with Gasteiger partial charge in [0.25, 0.3) is 0 Å². The third-order valence-electron chi connectivity index (χ3n) is 4.91. The molecule has 2 aliphatic heterocycles. The smallest absolute Gasteiger partial charge is 0.339 e. The van der Waals surface area contributed by atoms with Gasteiger partial charge in [0.1, 0.15) is 10.6 Å². The molecule has 2 aliphatic rings. The lowest BCUT2D eigenvalue weighted by molar-refractivity contribution is -0.0345. The Morgan fingerprint density at radius 1 is 1.24 bits per heavy atom. The van der Waals surface area contributed by atoms with Crippen LogP contribution in [0.15, 0.2) is 33.7 Å². The number of carbonyl (C=O) groups is 1. The van der Waals surface area contributed by atoms with Gasteiger partial charge in [-0.25, -0.2) is 13.2 Å². The summed E-state index contributed by atoms with van der Waals surface area (Å²) in [7, 11) is -3.78. The molecule has 7 nitrogen and oxygen atoms in total. The van der Waals surface area contributed by atoms with Gasteiger partial charge in [0, 0.05) is 12.1 Å². The van der Waals surface area contributed by atoms with Crippen LogP contribution in [0.2, 0.25) is 0 Å². The summed E-state index contributed by atoms with van der Waals surface area (Å²) in [5.74, 6) is -0.131. The van der Waals surface area contributed by atoms with Crippen LogP contribution in [0.4, 0.5) is 0 Å². The fraction of sp³-hybridized carbons (Fsp3) is 0.412. The second-order valence-electron chi connectivity index (χ2n) is 6.52. The van der Waals surface area contributed by atoms with E-state index in [9.17, 15) is 13.2 Å². The molecule has 8 heteroatoms. The molecule has 1 aromatic heterocycles. The van der Waals surface area contributed by atoms with Crippen molar-refractivity contribution >= 4 is 16.0 Å². The lowest BCUT2D eigenvalue weighted by Gasteiger charge is -2.38. The lowest BCUT2D eigenvalue weighted by Crippen LogP contribution is -2.48. The van der Waals surface area contributed by atoms with Crippen molar-refractivity contribution in [3.05, 3.63) is 46.8 Å². The fourth-order valence-electron chi connectivity index (χ4n) is 3.81. The van der Waals surface area contributed by atoms with Crippen LogP contribution in [0, 0.1) is 13.8 Å². The van der Waals surface area contributed by atoms with E-state index in [2.05, 4.69) is 5.16 Å². The van der Waals surface area contributed by atoms with E-state index in [1.54, 1.807) is 26.0 Å². The van der Waals surface area contributed by atoms with Crippen LogP contribution < -0.4 is 0 Å². The molecule has 0 N–H and O–H groups in total. The van der Waals surface area contributed by atoms with Crippen molar-refractivity contribution in [2.24, 2.45) is 0 Å². The Balaban J connectivity index is 1.75. The zero-order valence-electron chi connectivity index (χ0n) is 14.0. The Bertz CT molecular complexity index is 946. The summed E-state index contributed by atoms with van der Waals surface area (Å²) in [6.07, 6.45) is 1.20. The van der Waals surface area contributed by atoms with Gasteiger partial charge in [-0.15, -0.1) is 0 Å². The normalized spacial score (nSPS) is 23.7. The highest BCUT2D eigenvalue weighted by molar-refractivity contribution is 7.89. The standard InChI is InChI=1S/C17H18N2O5S/c1-11-15(12(2)24-18-11)25(21,22)19-9-5-8-17(10-19)14-7-4-3-6-13(14)16(20)23-17/h3-4,6-7H,5,8-10H2,1-2H3. The molecule has 1 atom stereocenters. The van der Waals surface area contributed by atoms with Gasteiger partial charge >= 0.3 is 5.97 Å². The summed E-state index contributed by atoms with van der Waals surface area (Å²) in [6.45, 7) is 3.65. The molecule has 1 spiro atoms. The second-order valence-corrected chi connectivity index (χ2v) is 8.40.